The number of hydrogen-bond donors (Lipinski definition) is 1. The fourth-order valence-electron chi connectivity index (χ4n) is 3.43. The van der Waals surface area contributed by atoms with Crippen LogP contribution in [0.4, 0.5) is 0 Å². The van der Waals surface area contributed by atoms with Gasteiger partial charge >= 0.3 is 0 Å². The van der Waals surface area contributed by atoms with Crippen LogP contribution in [-0.4, -0.2) is 52.8 Å². The van der Waals surface area contributed by atoms with Crippen molar-refractivity contribution in [3.05, 3.63) is 78.2 Å². The molecule has 0 aliphatic rings. The van der Waals surface area contributed by atoms with Gasteiger partial charge in [-0.3, -0.25) is 4.79 Å². The number of aromatic nitrogens is 4. The van der Waals surface area contributed by atoms with Crippen molar-refractivity contribution < 1.29 is 19.0 Å². The Kier molecular flexibility index (Phi) is 7.25. The standard InChI is InChI=1S/C26H27N5O4/c1-17-5-7-22(34-4)13-23(17)25-16-31(30-29-25)19-6-12-24(27-15-19)26(32)28-14-18(2)35-21-10-8-20(33-3)9-11-21/h5-13,15-16,18H,14H2,1-4H3,(H,28,32). The van der Waals surface area contributed by atoms with E-state index < -0.39 is 0 Å². The SMILES string of the molecule is COc1ccc(OC(C)CNC(=O)c2ccc(-n3cc(-c4cc(OC)ccc4C)nn3)cn2)cc1. The minimum absolute atomic E-state index is 0.222. The fraction of sp³-hybridized carbons (Fsp3) is 0.231. The molecule has 35 heavy (non-hydrogen) atoms. The molecule has 4 aromatic rings. The summed E-state index contributed by atoms with van der Waals surface area (Å²) in [5, 5.41) is 11.3. The molecular weight excluding hydrogens is 446 g/mol. The minimum atomic E-state index is -0.284. The molecule has 0 saturated heterocycles. The van der Waals surface area contributed by atoms with Crippen molar-refractivity contribution in [2.75, 3.05) is 20.8 Å². The summed E-state index contributed by atoms with van der Waals surface area (Å²) in [6, 6.07) is 16.5. The molecular formula is C26H27N5O4. The number of nitrogens with zero attached hydrogens (tertiary/aromatic N) is 4. The predicted octanol–water partition coefficient (Wildman–Crippen LogP) is 3.85. The van der Waals surface area contributed by atoms with E-state index in [0.717, 1.165) is 22.6 Å². The van der Waals surface area contributed by atoms with Gasteiger partial charge in [-0.25, -0.2) is 9.67 Å². The highest BCUT2D eigenvalue weighted by Gasteiger charge is 2.13. The largest absolute Gasteiger partial charge is 0.497 e. The number of nitrogens with one attached hydrogen (secondary N) is 1. The number of methoxy groups -OCH3 is 2. The molecule has 1 unspecified atom stereocenters. The smallest absolute Gasteiger partial charge is 0.270 e. The van der Waals surface area contributed by atoms with E-state index in [2.05, 4.69) is 20.6 Å². The molecule has 0 fully saturated rings. The van der Waals surface area contributed by atoms with Crippen LogP contribution in [0, 0.1) is 6.92 Å². The average molecular weight is 474 g/mol. The summed E-state index contributed by atoms with van der Waals surface area (Å²) in [6.45, 7) is 4.22. The van der Waals surface area contributed by atoms with E-state index in [9.17, 15) is 4.79 Å². The number of hydrogen-bond acceptors (Lipinski definition) is 7. The number of benzene rings is 2. The van der Waals surface area contributed by atoms with Gasteiger partial charge in [0.1, 0.15) is 34.7 Å². The number of ether oxygens (including phenoxy) is 3. The topological polar surface area (TPSA) is 100 Å². The summed E-state index contributed by atoms with van der Waals surface area (Å²) in [6.07, 6.45) is 3.18. The Hall–Kier alpha value is -4.40. The molecule has 0 aliphatic carbocycles. The maximum Gasteiger partial charge on any atom is 0.270 e. The van der Waals surface area contributed by atoms with Crippen LogP contribution in [0.5, 0.6) is 17.2 Å². The second kappa shape index (κ2) is 10.7. The van der Waals surface area contributed by atoms with Crippen LogP contribution in [0.3, 0.4) is 0 Å². The Morgan fingerprint density at radius 1 is 1.00 bits per heavy atom. The van der Waals surface area contributed by atoms with E-state index in [1.807, 2.05) is 62.5 Å². The molecule has 0 saturated carbocycles. The van der Waals surface area contributed by atoms with Gasteiger partial charge in [0.2, 0.25) is 0 Å². The number of amides is 1. The van der Waals surface area contributed by atoms with Gasteiger partial charge in [-0.1, -0.05) is 11.3 Å². The van der Waals surface area contributed by atoms with Crippen LogP contribution >= 0.6 is 0 Å². The lowest BCUT2D eigenvalue weighted by atomic mass is 10.1. The Balaban J connectivity index is 1.36. The summed E-state index contributed by atoms with van der Waals surface area (Å²) >= 11 is 0. The lowest BCUT2D eigenvalue weighted by Crippen LogP contribution is -2.34. The number of carbonyl (C=O) groups excluding carboxylic acids is 1. The highest BCUT2D eigenvalue weighted by Crippen LogP contribution is 2.26. The normalized spacial score (nSPS) is 11.5. The summed E-state index contributed by atoms with van der Waals surface area (Å²) in [7, 11) is 3.24. The molecule has 0 spiro atoms. The van der Waals surface area contributed by atoms with Crippen LogP contribution in [-0.2, 0) is 0 Å². The van der Waals surface area contributed by atoms with Crippen molar-refractivity contribution in [1.82, 2.24) is 25.3 Å². The van der Waals surface area contributed by atoms with Crippen molar-refractivity contribution in [1.29, 1.82) is 0 Å². The number of aryl methyl sites for hydroxylation is 1. The van der Waals surface area contributed by atoms with Gasteiger partial charge in [0.05, 0.1) is 38.8 Å². The molecule has 4 rings (SSSR count). The van der Waals surface area contributed by atoms with Crippen LogP contribution in [0.1, 0.15) is 23.0 Å². The molecule has 2 heterocycles. The molecule has 1 N–H and O–H groups in total. The highest BCUT2D eigenvalue weighted by molar-refractivity contribution is 5.92. The molecule has 1 amide bonds. The van der Waals surface area contributed by atoms with Gasteiger partial charge < -0.3 is 19.5 Å². The van der Waals surface area contributed by atoms with Gasteiger partial charge in [0.25, 0.3) is 5.91 Å². The molecule has 9 nitrogen and oxygen atoms in total. The van der Waals surface area contributed by atoms with Gasteiger partial charge in [-0.2, -0.15) is 0 Å². The first-order valence-electron chi connectivity index (χ1n) is 11.1. The van der Waals surface area contributed by atoms with Crippen molar-refractivity contribution in [2.45, 2.75) is 20.0 Å². The fourth-order valence-corrected chi connectivity index (χ4v) is 3.43. The number of carbonyl (C=O) groups is 1. The monoisotopic (exact) mass is 473 g/mol. The molecule has 180 valence electrons. The zero-order valence-electron chi connectivity index (χ0n) is 20.1. The molecule has 0 radical (unpaired) electrons. The zero-order valence-corrected chi connectivity index (χ0v) is 20.1. The lowest BCUT2D eigenvalue weighted by Gasteiger charge is -2.15. The first-order chi connectivity index (χ1) is 17.0. The van der Waals surface area contributed by atoms with E-state index in [4.69, 9.17) is 14.2 Å². The van der Waals surface area contributed by atoms with E-state index >= 15 is 0 Å². The molecule has 9 heteroatoms. The van der Waals surface area contributed by atoms with Crippen molar-refractivity contribution in [3.63, 3.8) is 0 Å². The Morgan fingerprint density at radius 3 is 2.40 bits per heavy atom. The second-order valence-electron chi connectivity index (χ2n) is 7.94. The zero-order chi connectivity index (χ0) is 24.8. The van der Waals surface area contributed by atoms with Crippen molar-refractivity contribution in [2.24, 2.45) is 0 Å². The van der Waals surface area contributed by atoms with E-state index in [0.29, 0.717) is 29.4 Å². The van der Waals surface area contributed by atoms with E-state index in [1.165, 1.54) is 0 Å². The maximum absolute atomic E-state index is 12.5. The van der Waals surface area contributed by atoms with Crippen molar-refractivity contribution >= 4 is 5.91 Å². The third-order valence-corrected chi connectivity index (χ3v) is 5.41. The average Bonchev–Trinajstić information content (AvgIpc) is 3.38. The Bertz CT molecular complexity index is 1290. The van der Waals surface area contributed by atoms with Gasteiger partial charge in [-0.15, -0.1) is 5.10 Å². The van der Waals surface area contributed by atoms with Gasteiger partial charge in [0.15, 0.2) is 0 Å². The van der Waals surface area contributed by atoms with Crippen LogP contribution in [0.25, 0.3) is 16.9 Å². The molecule has 1 atom stereocenters. The Morgan fingerprint density at radius 2 is 1.71 bits per heavy atom. The third kappa shape index (κ3) is 5.75. The van der Waals surface area contributed by atoms with Gasteiger partial charge in [-0.05, 0) is 67.9 Å². The first kappa shape index (κ1) is 23.7. The molecule has 2 aromatic heterocycles. The van der Waals surface area contributed by atoms with Crippen molar-refractivity contribution in [3.8, 4) is 34.2 Å². The summed E-state index contributed by atoms with van der Waals surface area (Å²) < 4.78 is 17.9. The summed E-state index contributed by atoms with van der Waals surface area (Å²) in [5.74, 6) is 1.92. The van der Waals surface area contributed by atoms with Crippen LogP contribution in [0.2, 0.25) is 0 Å². The van der Waals surface area contributed by atoms with Crippen LogP contribution < -0.4 is 19.5 Å². The molecule has 0 aliphatic heterocycles. The molecule has 0 bridgehead atoms. The minimum Gasteiger partial charge on any atom is -0.497 e. The summed E-state index contributed by atoms with van der Waals surface area (Å²) in [4.78, 5) is 16.8. The molecule has 2 aromatic carbocycles. The lowest BCUT2D eigenvalue weighted by molar-refractivity contribution is 0.0927. The third-order valence-electron chi connectivity index (χ3n) is 5.41. The maximum atomic E-state index is 12.5. The second-order valence-corrected chi connectivity index (χ2v) is 7.94. The predicted molar refractivity (Wildman–Crippen MR) is 131 cm³/mol. The summed E-state index contributed by atoms with van der Waals surface area (Å²) in [5.41, 5.74) is 3.71. The van der Waals surface area contributed by atoms with Gasteiger partial charge in [0, 0.05) is 5.56 Å². The number of rotatable bonds is 9. The first-order valence-corrected chi connectivity index (χ1v) is 11.1. The van der Waals surface area contributed by atoms with E-state index in [1.54, 1.807) is 37.2 Å². The Labute approximate surface area is 203 Å². The quantitative estimate of drug-likeness (QED) is 0.394. The van der Waals surface area contributed by atoms with E-state index in [-0.39, 0.29) is 12.0 Å². The van der Waals surface area contributed by atoms with Crippen LogP contribution in [0.15, 0.2) is 67.0 Å². The highest BCUT2D eigenvalue weighted by atomic mass is 16.5. The number of pyridine rings is 1.